The maximum atomic E-state index is 8.52. The van der Waals surface area contributed by atoms with E-state index in [4.69, 9.17) is 10.8 Å². The third-order valence-electron chi connectivity index (χ3n) is 1.86. The summed E-state index contributed by atoms with van der Waals surface area (Å²) in [4.78, 5) is 0. The van der Waals surface area contributed by atoms with Crippen LogP contribution in [0.15, 0.2) is 24.3 Å². The molecule has 1 aromatic rings. The van der Waals surface area contributed by atoms with E-state index in [9.17, 15) is 0 Å². The average Bonchev–Trinajstić information content (AvgIpc) is 2.15. The predicted octanol–water partition coefficient (Wildman–Crippen LogP) is 0.393. The molecule has 0 spiro atoms. The van der Waals surface area contributed by atoms with Crippen LogP contribution in [0.3, 0.4) is 0 Å². The molecule has 3 heteroatoms. The number of hydrogen-bond acceptors (Lipinski definition) is 3. The van der Waals surface area contributed by atoms with E-state index in [1.807, 2.05) is 24.3 Å². The van der Waals surface area contributed by atoms with Crippen LogP contribution < -0.4 is 11.1 Å². The number of rotatable bonds is 5. The average molecular weight is 180 g/mol. The van der Waals surface area contributed by atoms with Crippen LogP contribution in [0.25, 0.3) is 0 Å². The highest BCUT2D eigenvalue weighted by Gasteiger charge is 1.91. The van der Waals surface area contributed by atoms with Crippen molar-refractivity contribution in [1.82, 2.24) is 5.32 Å². The van der Waals surface area contributed by atoms with Crippen LogP contribution in [-0.4, -0.2) is 24.8 Å². The highest BCUT2D eigenvalue weighted by atomic mass is 16.3. The first-order valence-electron chi connectivity index (χ1n) is 4.49. The molecular formula is C10H16N2O. The van der Waals surface area contributed by atoms with E-state index in [0.717, 1.165) is 18.7 Å². The molecule has 4 N–H and O–H groups in total. The summed E-state index contributed by atoms with van der Waals surface area (Å²) < 4.78 is 0. The third-order valence-corrected chi connectivity index (χ3v) is 1.86. The van der Waals surface area contributed by atoms with Crippen molar-refractivity contribution >= 4 is 5.69 Å². The summed E-state index contributed by atoms with van der Waals surface area (Å²) in [5, 5.41) is 11.6. The minimum Gasteiger partial charge on any atom is -0.399 e. The third kappa shape index (κ3) is 3.92. The van der Waals surface area contributed by atoms with E-state index in [1.165, 1.54) is 5.56 Å². The summed E-state index contributed by atoms with van der Waals surface area (Å²) in [6.07, 6.45) is 0.972. The fourth-order valence-corrected chi connectivity index (χ4v) is 1.12. The lowest BCUT2D eigenvalue weighted by molar-refractivity contribution is 0.293. The van der Waals surface area contributed by atoms with Gasteiger partial charge in [-0.2, -0.15) is 0 Å². The first-order valence-corrected chi connectivity index (χ1v) is 4.49. The maximum Gasteiger partial charge on any atom is 0.0555 e. The number of benzene rings is 1. The Labute approximate surface area is 78.6 Å². The Hall–Kier alpha value is -1.06. The highest BCUT2D eigenvalue weighted by molar-refractivity contribution is 5.39. The zero-order valence-corrected chi connectivity index (χ0v) is 7.66. The normalized spacial score (nSPS) is 10.2. The lowest BCUT2D eigenvalue weighted by atomic mass is 10.1. The van der Waals surface area contributed by atoms with Crippen LogP contribution >= 0.6 is 0 Å². The maximum absolute atomic E-state index is 8.52. The summed E-state index contributed by atoms with van der Waals surface area (Å²) >= 11 is 0. The van der Waals surface area contributed by atoms with Crippen LogP contribution in [0.5, 0.6) is 0 Å². The van der Waals surface area contributed by atoms with Gasteiger partial charge >= 0.3 is 0 Å². The lowest BCUT2D eigenvalue weighted by Gasteiger charge is -2.02. The van der Waals surface area contributed by atoms with Crippen molar-refractivity contribution in [3.8, 4) is 0 Å². The minimum absolute atomic E-state index is 0.196. The van der Waals surface area contributed by atoms with Gasteiger partial charge in [0, 0.05) is 12.2 Å². The van der Waals surface area contributed by atoms with Gasteiger partial charge in [-0.1, -0.05) is 12.1 Å². The summed E-state index contributed by atoms with van der Waals surface area (Å²) in [5.74, 6) is 0. The first kappa shape index (κ1) is 10.0. The van der Waals surface area contributed by atoms with E-state index in [-0.39, 0.29) is 6.61 Å². The molecule has 0 aliphatic carbocycles. The number of aliphatic hydroxyl groups excluding tert-OH is 1. The molecule has 0 aromatic heterocycles. The summed E-state index contributed by atoms with van der Waals surface area (Å²) in [6, 6.07) is 7.86. The molecule has 1 rings (SSSR count). The molecule has 72 valence electrons. The molecule has 0 unspecified atom stereocenters. The predicted molar refractivity (Wildman–Crippen MR) is 54.5 cm³/mol. The van der Waals surface area contributed by atoms with Gasteiger partial charge < -0.3 is 16.2 Å². The van der Waals surface area contributed by atoms with Crippen molar-refractivity contribution in [2.45, 2.75) is 6.42 Å². The van der Waals surface area contributed by atoms with Gasteiger partial charge in [-0.15, -0.1) is 0 Å². The fourth-order valence-electron chi connectivity index (χ4n) is 1.12. The molecule has 1 aromatic carbocycles. The van der Waals surface area contributed by atoms with Crippen molar-refractivity contribution in [3.05, 3.63) is 29.8 Å². The fraction of sp³-hybridized carbons (Fsp3) is 0.400. The molecule has 0 aliphatic rings. The highest BCUT2D eigenvalue weighted by Crippen LogP contribution is 2.05. The molecule has 0 amide bonds. The van der Waals surface area contributed by atoms with Crippen LogP contribution in [0.2, 0.25) is 0 Å². The SMILES string of the molecule is Nc1ccc(CCNCCO)cc1. The van der Waals surface area contributed by atoms with Crippen molar-refractivity contribution in [3.63, 3.8) is 0 Å². The second kappa shape index (κ2) is 5.56. The molecule has 13 heavy (non-hydrogen) atoms. The molecule has 0 aliphatic heterocycles. The molecular weight excluding hydrogens is 164 g/mol. The van der Waals surface area contributed by atoms with Gasteiger partial charge in [-0.25, -0.2) is 0 Å². The summed E-state index contributed by atoms with van der Waals surface area (Å²) in [6.45, 7) is 1.75. The van der Waals surface area contributed by atoms with Gasteiger partial charge in [0.25, 0.3) is 0 Å². The van der Waals surface area contributed by atoms with Gasteiger partial charge in [-0.3, -0.25) is 0 Å². The number of hydrogen-bond donors (Lipinski definition) is 3. The van der Waals surface area contributed by atoms with Crippen LogP contribution in [0.1, 0.15) is 5.56 Å². The second-order valence-electron chi connectivity index (χ2n) is 2.97. The molecule has 0 heterocycles. The number of anilines is 1. The van der Waals surface area contributed by atoms with Crippen LogP contribution in [0, 0.1) is 0 Å². The molecule has 0 bridgehead atoms. The second-order valence-corrected chi connectivity index (χ2v) is 2.97. The Bertz CT molecular complexity index is 233. The quantitative estimate of drug-likeness (QED) is 0.454. The minimum atomic E-state index is 0.196. The van der Waals surface area contributed by atoms with E-state index in [1.54, 1.807) is 0 Å². The first-order chi connectivity index (χ1) is 6.33. The van der Waals surface area contributed by atoms with Gasteiger partial charge in [0.1, 0.15) is 0 Å². The largest absolute Gasteiger partial charge is 0.399 e. The molecule has 0 fully saturated rings. The van der Waals surface area contributed by atoms with Gasteiger partial charge in [0.2, 0.25) is 0 Å². The monoisotopic (exact) mass is 180 g/mol. The molecule has 0 saturated heterocycles. The van der Waals surface area contributed by atoms with Crippen LogP contribution in [0.4, 0.5) is 5.69 Å². The number of nitrogen functional groups attached to an aromatic ring is 1. The zero-order chi connectivity index (χ0) is 9.52. The molecule has 0 saturated carbocycles. The Morgan fingerprint density at radius 3 is 2.46 bits per heavy atom. The molecule has 3 nitrogen and oxygen atoms in total. The number of nitrogens with one attached hydrogen (secondary N) is 1. The molecule has 0 atom stereocenters. The van der Waals surface area contributed by atoms with Crippen molar-refractivity contribution in [2.24, 2.45) is 0 Å². The smallest absolute Gasteiger partial charge is 0.0555 e. The van der Waals surface area contributed by atoms with E-state index < -0.39 is 0 Å². The number of nitrogens with two attached hydrogens (primary N) is 1. The van der Waals surface area contributed by atoms with Gasteiger partial charge in [-0.05, 0) is 30.7 Å². The van der Waals surface area contributed by atoms with Crippen molar-refractivity contribution in [1.29, 1.82) is 0 Å². The Morgan fingerprint density at radius 1 is 1.15 bits per heavy atom. The van der Waals surface area contributed by atoms with Crippen molar-refractivity contribution in [2.75, 3.05) is 25.4 Å². The van der Waals surface area contributed by atoms with Crippen molar-refractivity contribution < 1.29 is 5.11 Å². The van der Waals surface area contributed by atoms with E-state index in [0.29, 0.717) is 6.54 Å². The Balaban J connectivity index is 2.25. The van der Waals surface area contributed by atoms with Crippen LogP contribution in [-0.2, 0) is 6.42 Å². The summed E-state index contributed by atoms with van der Waals surface area (Å²) in [5.41, 5.74) is 7.62. The zero-order valence-electron chi connectivity index (χ0n) is 7.66. The Morgan fingerprint density at radius 2 is 1.85 bits per heavy atom. The lowest BCUT2D eigenvalue weighted by Crippen LogP contribution is -2.20. The molecule has 0 radical (unpaired) electrons. The van der Waals surface area contributed by atoms with E-state index >= 15 is 0 Å². The topological polar surface area (TPSA) is 58.3 Å². The van der Waals surface area contributed by atoms with Gasteiger partial charge in [0.15, 0.2) is 0 Å². The Kier molecular flexibility index (Phi) is 4.29. The van der Waals surface area contributed by atoms with E-state index in [2.05, 4.69) is 5.32 Å². The van der Waals surface area contributed by atoms with Gasteiger partial charge in [0.05, 0.1) is 6.61 Å². The number of aliphatic hydroxyl groups is 1. The standard InChI is InChI=1S/C10H16N2O/c11-10-3-1-9(2-4-10)5-6-12-7-8-13/h1-4,12-13H,5-8,11H2. The summed E-state index contributed by atoms with van der Waals surface area (Å²) in [7, 11) is 0.